The van der Waals surface area contributed by atoms with Gasteiger partial charge in [0.05, 0.1) is 16.6 Å². The molecule has 2 heterocycles. The van der Waals surface area contributed by atoms with Crippen LogP contribution in [0.2, 0.25) is 0 Å². The molecule has 4 aromatic rings. The number of fused-ring (bicyclic) bond motifs is 2. The Balaban J connectivity index is 1.83. The SMILES string of the molecule is Cc1cc(C(=O)Nc2cccc3ccccc23)c2c(C)nn(C)c2n1. The highest BCUT2D eigenvalue weighted by molar-refractivity contribution is 6.15. The van der Waals surface area contributed by atoms with Crippen molar-refractivity contribution in [2.24, 2.45) is 7.05 Å². The van der Waals surface area contributed by atoms with E-state index in [0.717, 1.165) is 38.9 Å². The number of hydrogen-bond donors (Lipinski definition) is 1. The summed E-state index contributed by atoms with van der Waals surface area (Å²) in [6.07, 6.45) is 0. The van der Waals surface area contributed by atoms with Crippen LogP contribution in [0, 0.1) is 13.8 Å². The lowest BCUT2D eigenvalue weighted by Crippen LogP contribution is -2.13. The number of anilines is 1. The van der Waals surface area contributed by atoms with Gasteiger partial charge in [0.1, 0.15) is 0 Å². The van der Waals surface area contributed by atoms with Crippen LogP contribution in [0.15, 0.2) is 48.5 Å². The van der Waals surface area contributed by atoms with Crippen LogP contribution in [0.4, 0.5) is 5.69 Å². The molecule has 0 spiro atoms. The van der Waals surface area contributed by atoms with Crippen LogP contribution in [0.25, 0.3) is 21.8 Å². The molecule has 0 bridgehead atoms. The number of nitrogens with zero attached hydrogens (tertiary/aromatic N) is 3. The Bertz CT molecular complexity index is 1120. The first-order valence-electron chi connectivity index (χ1n) is 8.14. The molecule has 0 saturated carbocycles. The second-order valence-corrected chi connectivity index (χ2v) is 6.20. The lowest BCUT2D eigenvalue weighted by molar-refractivity contribution is 0.102. The van der Waals surface area contributed by atoms with Gasteiger partial charge in [-0.2, -0.15) is 5.10 Å². The van der Waals surface area contributed by atoms with E-state index in [9.17, 15) is 4.79 Å². The average Bonchev–Trinajstić information content (AvgIpc) is 2.88. The van der Waals surface area contributed by atoms with E-state index in [0.29, 0.717) is 5.56 Å². The van der Waals surface area contributed by atoms with Crippen molar-refractivity contribution in [2.45, 2.75) is 13.8 Å². The monoisotopic (exact) mass is 330 g/mol. The lowest BCUT2D eigenvalue weighted by atomic mass is 10.1. The van der Waals surface area contributed by atoms with Gasteiger partial charge >= 0.3 is 0 Å². The van der Waals surface area contributed by atoms with Gasteiger partial charge in [0, 0.05) is 23.8 Å². The maximum atomic E-state index is 13.0. The number of hydrogen-bond acceptors (Lipinski definition) is 3. The second-order valence-electron chi connectivity index (χ2n) is 6.20. The van der Waals surface area contributed by atoms with Crippen molar-refractivity contribution in [1.82, 2.24) is 14.8 Å². The van der Waals surface area contributed by atoms with E-state index < -0.39 is 0 Å². The molecule has 4 rings (SSSR count). The Morgan fingerprint density at radius 1 is 1.08 bits per heavy atom. The molecule has 124 valence electrons. The first kappa shape index (κ1) is 15.3. The highest BCUT2D eigenvalue weighted by Crippen LogP contribution is 2.26. The minimum Gasteiger partial charge on any atom is -0.321 e. The second kappa shape index (κ2) is 5.70. The summed E-state index contributed by atoms with van der Waals surface area (Å²) in [5.41, 5.74) is 3.71. The third kappa shape index (κ3) is 2.54. The van der Waals surface area contributed by atoms with Crippen molar-refractivity contribution in [1.29, 1.82) is 0 Å². The standard InChI is InChI=1S/C20H18N4O/c1-12-11-16(18-13(2)23-24(3)19(18)21-12)20(25)22-17-10-6-8-14-7-4-5-9-15(14)17/h4-11H,1-3H3,(H,22,25). The summed E-state index contributed by atoms with van der Waals surface area (Å²) >= 11 is 0. The Morgan fingerprint density at radius 3 is 2.68 bits per heavy atom. The average molecular weight is 330 g/mol. The number of pyridine rings is 1. The zero-order valence-corrected chi connectivity index (χ0v) is 14.4. The van der Waals surface area contributed by atoms with Crippen LogP contribution >= 0.6 is 0 Å². The summed E-state index contributed by atoms with van der Waals surface area (Å²) in [7, 11) is 1.84. The van der Waals surface area contributed by atoms with E-state index in [1.54, 1.807) is 4.68 Å². The lowest BCUT2D eigenvalue weighted by Gasteiger charge is -2.10. The number of rotatable bonds is 2. The number of carbonyl (C=O) groups is 1. The van der Waals surface area contributed by atoms with Gasteiger partial charge in [-0.15, -0.1) is 0 Å². The van der Waals surface area contributed by atoms with Crippen LogP contribution in [0.3, 0.4) is 0 Å². The van der Waals surface area contributed by atoms with Gasteiger partial charge in [-0.1, -0.05) is 36.4 Å². The molecule has 0 fully saturated rings. The molecule has 0 aliphatic carbocycles. The number of aryl methyl sites for hydroxylation is 3. The zero-order valence-electron chi connectivity index (χ0n) is 14.4. The van der Waals surface area contributed by atoms with E-state index in [-0.39, 0.29) is 5.91 Å². The maximum absolute atomic E-state index is 13.0. The molecule has 25 heavy (non-hydrogen) atoms. The number of amides is 1. The van der Waals surface area contributed by atoms with Crippen molar-refractivity contribution in [3.05, 3.63) is 65.5 Å². The number of nitrogens with one attached hydrogen (secondary N) is 1. The van der Waals surface area contributed by atoms with Crippen molar-refractivity contribution in [3.63, 3.8) is 0 Å². The molecule has 0 radical (unpaired) electrons. The summed E-state index contributed by atoms with van der Waals surface area (Å²) in [6.45, 7) is 3.78. The first-order chi connectivity index (χ1) is 12.0. The van der Waals surface area contributed by atoms with Gasteiger partial charge in [0.15, 0.2) is 5.65 Å². The van der Waals surface area contributed by atoms with Crippen molar-refractivity contribution in [2.75, 3.05) is 5.32 Å². The molecule has 0 atom stereocenters. The Hall–Kier alpha value is -3.21. The largest absolute Gasteiger partial charge is 0.321 e. The highest BCUT2D eigenvalue weighted by atomic mass is 16.1. The molecule has 0 saturated heterocycles. The molecule has 2 aromatic heterocycles. The predicted molar refractivity (Wildman–Crippen MR) is 99.9 cm³/mol. The van der Waals surface area contributed by atoms with Crippen LogP contribution in [-0.2, 0) is 7.05 Å². The highest BCUT2D eigenvalue weighted by Gasteiger charge is 2.18. The van der Waals surface area contributed by atoms with Gasteiger partial charge < -0.3 is 5.32 Å². The predicted octanol–water partition coefficient (Wildman–Crippen LogP) is 3.99. The third-order valence-corrected chi connectivity index (χ3v) is 4.38. The Labute approximate surface area is 145 Å². The van der Waals surface area contributed by atoms with Crippen LogP contribution in [0.5, 0.6) is 0 Å². The molecule has 0 aliphatic rings. The van der Waals surface area contributed by atoms with Gasteiger partial charge in [-0.25, -0.2) is 4.98 Å². The van der Waals surface area contributed by atoms with Crippen LogP contribution in [-0.4, -0.2) is 20.7 Å². The molecular weight excluding hydrogens is 312 g/mol. The number of aromatic nitrogens is 3. The topological polar surface area (TPSA) is 59.8 Å². The molecule has 0 unspecified atom stereocenters. The summed E-state index contributed by atoms with van der Waals surface area (Å²) in [5, 5.41) is 10.4. The van der Waals surface area contributed by atoms with Crippen molar-refractivity contribution < 1.29 is 4.79 Å². The third-order valence-electron chi connectivity index (χ3n) is 4.38. The summed E-state index contributed by atoms with van der Waals surface area (Å²) < 4.78 is 1.71. The summed E-state index contributed by atoms with van der Waals surface area (Å²) in [5.74, 6) is -0.150. The summed E-state index contributed by atoms with van der Waals surface area (Å²) in [4.78, 5) is 17.5. The van der Waals surface area contributed by atoms with Crippen LogP contribution < -0.4 is 5.32 Å². The quantitative estimate of drug-likeness (QED) is 0.604. The fourth-order valence-corrected chi connectivity index (χ4v) is 3.27. The number of carbonyl (C=O) groups excluding carboxylic acids is 1. The molecule has 1 amide bonds. The Kier molecular flexibility index (Phi) is 3.50. The van der Waals surface area contributed by atoms with Crippen molar-refractivity contribution in [3.8, 4) is 0 Å². The zero-order chi connectivity index (χ0) is 17.6. The number of benzene rings is 2. The van der Waals surface area contributed by atoms with Crippen LogP contribution in [0.1, 0.15) is 21.7 Å². The van der Waals surface area contributed by atoms with Gasteiger partial charge in [0.25, 0.3) is 5.91 Å². The van der Waals surface area contributed by atoms with E-state index in [2.05, 4.69) is 15.4 Å². The van der Waals surface area contributed by atoms with Crippen molar-refractivity contribution >= 4 is 33.4 Å². The minimum absolute atomic E-state index is 0.150. The van der Waals surface area contributed by atoms with E-state index in [1.807, 2.05) is 69.4 Å². The normalized spacial score (nSPS) is 11.2. The first-order valence-corrected chi connectivity index (χ1v) is 8.14. The molecule has 1 N–H and O–H groups in total. The molecule has 2 aromatic carbocycles. The molecular formula is C20H18N4O. The fraction of sp³-hybridized carbons (Fsp3) is 0.150. The van der Waals surface area contributed by atoms with Gasteiger partial charge in [-0.3, -0.25) is 9.48 Å². The summed E-state index contributed by atoms with van der Waals surface area (Å²) in [6, 6.07) is 15.7. The van der Waals surface area contributed by atoms with Gasteiger partial charge in [0.2, 0.25) is 0 Å². The smallest absolute Gasteiger partial charge is 0.256 e. The maximum Gasteiger partial charge on any atom is 0.256 e. The fourth-order valence-electron chi connectivity index (χ4n) is 3.27. The molecule has 5 heteroatoms. The minimum atomic E-state index is -0.150. The van der Waals surface area contributed by atoms with Gasteiger partial charge in [-0.05, 0) is 31.4 Å². The van der Waals surface area contributed by atoms with E-state index >= 15 is 0 Å². The van der Waals surface area contributed by atoms with E-state index in [1.165, 1.54) is 0 Å². The Morgan fingerprint density at radius 2 is 1.84 bits per heavy atom. The molecule has 0 aliphatic heterocycles. The van der Waals surface area contributed by atoms with E-state index in [4.69, 9.17) is 0 Å². The molecule has 5 nitrogen and oxygen atoms in total.